The summed E-state index contributed by atoms with van der Waals surface area (Å²) in [6.45, 7) is 3.34. The fourth-order valence-corrected chi connectivity index (χ4v) is 2.78. The number of carbonyl (C=O) groups is 2. The number of halogens is 1. The molecule has 2 aromatic carbocycles. The molecule has 3 aromatic rings. The minimum atomic E-state index is -0.355. The Labute approximate surface area is 168 Å². The maximum atomic E-state index is 12.6. The molecule has 6 nitrogen and oxygen atoms in total. The van der Waals surface area contributed by atoms with Crippen LogP contribution in [-0.4, -0.2) is 16.8 Å². The molecule has 0 atom stereocenters. The van der Waals surface area contributed by atoms with Crippen LogP contribution in [0.3, 0.4) is 0 Å². The molecule has 0 radical (unpaired) electrons. The summed E-state index contributed by atoms with van der Waals surface area (Å²) < 4.78 is 0. The molecular weight excluding hydrogens is 376 g/mol. The van der Waals surface area contributed by atoms with E-state index in [1.165, 1.54) is 6.92 Å². The summed E-state index contributed by atoms with van der Waals surface area (Å²) >= 11 is 6.15. The number of nitrogens with zero attached hydrogens (tertiary/aromatic N) is 1. The van der Waals surface area contributed by atoms with Gasteiger partial charge in [0.15, 0.2) is 0 Å². The smallest absolute Gasteiger partial charge is 0.274 e. The van der Waals surface area contributed by atoms with Crippen molar-refractivity contribution in [2.24, 2.45) is 0 Å². The van der Waals surface area contributed by atoms with Crippen LogP contribution in [0.4, 0.5) is 22.7 Å². The Morgan fingerprint density at radius 2 is 1.64 bits per heavy atom. The third kappa shape index (κ3) is 4.86. The summed E-state index contributed by atoms with van der Waals surface area (Å²) in [7, 11) is 0. The Morgan fingerprint density at radius 3 is 2.39 bits per heavy atom. The number of hydrogen-bond donors (Lipinski definition) is 3. The highest BCUT2D eigenvalue weighted by molar-refractivity contribution is 6.31. The van der Waals surface area contributed by atoms with E-state index in [1.54, 1.807) is 42.6 Å². The van der Waals surface area contributed by atoms with Gasteiger partial charge in [-0.1, -0.05) is 23.7 Å². The predicted molar refractivity (Wildman–Crippen MR) is 112 cm³/mol. The van der Waals surface area contributed by atoms with Gasteiger partial charge in [-0.3, -0.25) is 14.6 Å². The van der Waals surface area contributed by atoms with E-state index in [9.17, 15) is 9.59 Å². The van der Waals surface area contributed by atoms with Crippen molar-refractivity contribution in [1.82, 2.24) is 4.98 Å². The van der Waals surface area contributed by atoms with Crippen molar-refractivity contribution in [2.45, 2.75) is 13.8 Å². The van der Waals surface area contributed by atoms with Crippen LogP contribution in [0, 0.1) is 6.92 Å². The normalized spacial score (nSPS) is 10.2. The van der Waals surface area contributed by atoms with Crippen LogP contribution in [0.1, 0.15) is 23.0 Å². The second-order valence-corrected chi connectivity index (χ2v) is 6.59. The average Bonchev–Trinajstić information content (AvgIpc) is 2.65. The highest BCUT2D eigenvalue weighted by atomic mass is 35.5. The minimum Gasteiger partial charge on any atom is -0.355 e. The highest BCUT2D eigenvalue weighted by Crippen LogP contribution is 2.26. The Balaban J connectivity index is 1.75. The van der Waals surface area contributed by atoms with Crippen molar-refractivity contribution in [3.8, 4) is 0 Å². The largest absolute Gasteiger partial charge is 0.355 e. The van der Waals surface area contributed by atoms with Crippen molar-refractivity contribution < 1.29 is 9.59 Å². The lowest BCUT2D eigenvalue weighted by Crippen LogP contribution is -2.14. The van der Waals surface area contributed by atoms with Crippen LogP contribution >= 0.6 is 11.6 Å². The first-order valence-electron chi connectivity index (χ1n) is 8.59. The zero-order chi connectivity index (χ0) is 20.1. The van der Waals surface area contributed by atoms with Crippen molar-refractivity contribution in [1.29, 1.82) is 0 Å². The molecule has 7 heteroatoms. The molecule has 1 heterocycles. The Morgan fingerprint density at radius 1 is 0.929 bits per heavy atom. The average molecular weight is 395 g/mol. The van der Waals surface area contributed by atoms with Crippen LogP contribution in [-0.2, 0) is 4.79 Å². The van der Waals surface area contributed by atoms with E-state index in [1.807, 2.05) is 25.1 Å². The standard InChI is InChI=1S/C21H19ClN4O2/c1-13-18(22)7-4-8-19(13)25-17-9-10-23-20(12-17)21(28)26-16-6-3-5-15(11-16)24-14(2)27/h3-12H,1-2H3,(H,23,25)(H,24,27)(H,26,28). The van der Waals surface area contributed by atoms with Gasteiger partial charge in [0, 0.05) is 40.9 Å². The van der Waals surface area contributed by atoms with Crippen LogP contribution in [0.5, 0.6) is 0 Å². The number of pyridine rings is 1. The molecule has 142 valence electrons. The van der Waals surface area contributed by atoms with Gasteiger partial charge in [0.05, 0.1) is 0 Å². The number of hydrogen-bond acceptors (Lipinski definition) is 4. The molecule has 28 heavy (non-hydrogen) atoms. The van der Waals surface area contributed by atoms with E-state index in [-0.39, 0.29) is 17.5 Å². The summed E-state index contributed by atoms with van der Waals surface area (Å²) in [6, 6.07) is 15.9. The van der Waals surface area contributed by atoms with Crippen LogP contribution < -0.4 is 16.0 Å². The molecule has 0 saturated carbocycles. The lowest BCUT2D eigenvalue weighted by Gasteiger charge is -2.12. The molecule has 0 fully saturated rings. The van der Waals surface area contributed by atoms with Crippen LogP contribution in [0.15, 0.2) is 60.8 Å². The number of benzene rings is 2. The molecule has 3 N–H and O–H groups in total. The monoisotopic (exact) mass is 394 g/mol. The summed E-state index contributed by atoms with van der Waals surface area (Å²) in [6.07, 6.45) is 1.56. The molecule has 0 aliphatic heterocycles. The van der Waals surface area contributed by atoms with Gasteiger partial charge in [0.1, 0.15) is 5.69 Å². The number of carbonyl (C=O) groups excluding carboxylic acids is 2. The Bertz CT molecular complexity index is 1040. The van der Waals surface area contributed by atoms with Gasteiger partial charge >= 0.3 is 0 Å². The number of nitrogens with one attached hydrogen (secondary N) is 3. The number of amides is 2. The number of aromatic nitrogens is 1. The van der Waals surface area contributed by atoms with Crippen molar-refractivity contribution in [3.63, 3.8) is 0 Å². The third-order valence-corrected chi connectivity index (χ3v) is 4.39. The summed E-state index contributed by atoms with van der Waals surface area (Å²) in [5.74, 6) is -0.535. The SMILES string of the molecule is CC(=O)Nc1cccc(NC(=O)c2cc(Nc3cccc(Cl)c3C)ccn2)c1. The van der Waals surface area contributed by atoms with E-state index in [2.05, 4.69) is 20.9 Å². The van der Waals surface area contributed by atoms with E-state index in [0.717, 1.165) is 16.9 Å². The van der Waals surface area contributed by atoms with Gasteiger partial charge < -0.3 is 16.0 Å². The van der Waals surface area contributed by atoms with Crippen molar-refractivity contribution >= 4 is 46.2 Å². The molecule has 0 unspecified atom stereocenters. The first-order valence-corrected chi connectivity index (χ1v) is 8.97. The van der Waals surface area contributed by atoms with Crippen LogP contribution in [0.25, 0.3) is 0 Å². The second kappa shape index (κ2) is 8.54. The van der Waals surface area contributed by atoms with E-state index in [4.69, 9.17) is 11.6 Å². The van der Waals surface area contributed by atoms with E-state index >= 15 is 0 Å². The molecule has 0 bridgehead atoms. The number of anilines is 4. The summed E-state index contributed by atoms with van der Waals surface area (Å²) in [4.78, 5) is 27.9. The molecule has 3 rings (SSSR count). The lowest BCUT2D eigenvalue weighted by molar-refractivity contribution is -0.114. The van der Waals surface area contributed by atoms with E-state index < -0.39 is 0 Å². The molecule has 0 aliphatic carbocycles. The predicted octanol–water partition coefficient (Wildman–Crippen LogP) is 5.00. The first kappa shape index (κ1) is 19.4. The van der Waals surface area contributed by atoms with Gasteiger partial charge in [-0.05, 0) is 55.0 Å². The fourth-order valence-electron chi connectivity index (χ4n) is 2.60. The molecule has 0 spiro atoms. The summed E-state index contributed by atoms with van der Waals surface area (Å²) in [5.41, 5.74) is 3.91. The maximum absolute atomic E-state index is 12.6. The topological polar surface area (TPSA) is 83.1 Å². The minimum absolute atomic E-state index is 0.180. The zero-order valence-corrected chi connectivity index (χ0v) is 16.2. The molecule has 2 amide bonds. The highest BCUT2D eigenvalue weighted by Gasteiger charge is 2.10. The van der Waals surface area contributed by atoms with Gasteiger partial charge in [0.2, 0.25) is 5.91 Å². The number of rotatable bonds is 5. The Hall–Kier alpha value is -3.38. The molecular formula is C21H19ClN4O2. The van der Waals surface area contributed by atoms with Gasteiger partial charge in [-0.15, -0.1) is 0 Å². The molecule has 0 aliphatic rings. The zero-order valence-electron chi connectivity index (χ0n) is 15.4. The van der Waals surface area contributed by atoms with Crippen LogP contribution in [0.2, 0.25) is 5.02 Å². The molecule has 1 aromatic heterocycles. The maximum Gasteiger partial charge on any atom is 0.274 e. The molecule has 0 saturated heterocycles. The summed E-state index contributed by atoms with van der Waals surface area (Å²) in [5, 5.41) is 9.37. The third-order valence-electron chi connectivity index (χ3n) is 3.98. The second-order valence-electron chi connectivity index (χ2n) is 6.18. The Kier molecular flexibility index (Phi) is 5.91. The fraction of sp³-hybridized carbons (Fsp3) is 0.0952. The quantitative estimate of drug-likeness (QED) is 0.568. The lowest BCUT2D eigenvalue weighted by atomic mass is 10.2. The van der Waals surface area contributed by atoms with E-state index in [0.29, 0.717) is 16.4 Å². The van der Waals surface area contributed by atoms with Gasteiger partial charge in [-0.25, -0.2) is 0 Å². The first-order chi connectivity index (χ1) is 13.4. The van der Waals surface area contributed by atoms with Crippen molar-refractivity contribution in [3.05, 3.63) is 77.1 Å². The van der Waals surface area contributed by atoms with Crippen molar-refractivity contribution in [2.75, 3.05) is 16.0 Å². The van der Waals surface area contributed by atoms with Gasteiger partial charge in [0.25, 0.3) is 5.91 Å². The van der Waals surface area contributed by atoms with Gasteiger partial charge in [-0.2, -0.15) is 0 Å².